The SMILES string of the molecule is CCOC(=O)Cc1csc(S[C@H](C)C(=O)Nc2ccc3c(c2)OCCO3)n1. The van der Waals surface area contributed by atoms with Gasteiger partial charge in [-0.15, -0.1) is 11.3 Å². The zero-order valence-electron chi connectivity index (χ0n) is 15.0. The van der Waals surface area contributed by atoms with Crippen molar-refractivity contribution in [2.24, 2.45) is 0 Å². The normalized spacial score (nSPS) is 13.7. The predicted octanol–water partition coefficient (Wildman–Crippen LogP) is 3.14. The van der Waals surface area contributed by atoms with E-state index in [9.17, 15) is 9.59 Å². The van der Waals surface area contributed by atoms with E-state index in [1.807, 2.05) is 12.3 Å². The molecule has 0 fully saturated rings. The van der Waals surface area contributed by atoms with Gasteiger partial charge in [-0.1, -0.05) is 11.8 Å². The number of carbonyl (C=O) groups excluding carboxylic acids is 2. The number of thioether (sulfide) groups is 1. The van der Waals surface area contributed by atoms with Crippen LogP contribution in [0.5, 0.6) is 11.5 Å². The summed E-state index contributed by atoms with van der Waals surface area (Å²) in [5, 5.41) is 4.34. The van der Waals surface area contributed by atoms with E-state index in [0.717, 1.165) is 4.34 Å². The van der Waals surface area contributed by atoms with Gasteiger partial charge in [-0.05, 0) is 26.0 Å². The van der Waals surface area contributed by atoms with Crippen LogP contribution in [0.3, 0.4) is 0 Å². The van der Waals surface area contributed by atoms with Gasteiger partial charge in [0.25, 0.3) is 0 Å². The third-order valence-corrected chi connectivity index (χ3v) is 5.74. The second-order valence-electron chi connectivity index (χ2n) is 5.69. The molecule has 7 nitrogen and oxygen atoms in total. The number of ether oxygens (including phenoxy) is 3. The largest absolute Gasteiger partial charge is 0.486 e. The molecule has 9 heteroatoms. The summed E-state index contributed by atoms with van der Waals surface area (Å²) in [6.45, 7) is 4.95. The van der Waals surface area contributed by atoms with Crippen LogP contribution in [-0.4, -0.2) is 41.9 Å². The van der Waals surface area contributed by atoms with Crippen LogP contribution >= 0.6 is 23.1 Å². The van der Waals surface area contributed by atoms with Crippen LogP contribution < -0.4 is 14.8 Å². The summed E-state index contributed by atoms with van der Waals surface area (Å²) in [6.07, 6.45) is 0.142. The van der Waals surface area contributed by atoms with Gasteiger partial charge in [0.05, 0.1) is 24.0 Å². The van der Waals surface area contributed by atoms with Gasteiger partial charge in [-0.2, -0.15) is 0 Å². The highest BCUT2D eigenvalue weighted by Crippen LogP contribution is 2.33. The summed E-state index contributed by atoms with van der Waals surface area (Å²) in [6, 6.07) is 5.32. The van der Waals surface area contributed by atoms with E-state index in [2.05, 4.69) is 10.3 Å². The van der Waals surface area contributed by atoms with Gasteiger partial charge in [0.15, 0.2) is 15.8 Å². The fraction of sp³-hybridized carbons (Fsp3) is 0.389. The Morgan fingerprint density at radius 3 is 2.89 bits per heavy atom. The van der Waals surface area contributed by atoms with Crippen molar-refractivity contribution in [2.75, 3.05) is 25.1 Å². The summed E-state index contributed by atoms with van der Waals surface area (Å²) in [7, 11) is 0. The Balaban J connectivity index is 1.55. The van der Waals surface area contributed by atoms with Crippen LogP contribution in [0.15, 0.2) is 27.9 Å². The maximum Gasteiger partial charge on any atom is 0.311 e. The zero-order valence-corrected chi connectivity index (χ0v) is 16.7. The fourth-order valence-electron chi connectivity index (χ4n) is 2.35. The van der Waals surface area contributed by atoms with E-state index >= 15 is 0 Å². The number of nitrogens with zero attached hydrogens (tertiary/aromatic N) is 1. The van der Waals surface area contributed by atoms with E-state index in [0.29, 0.717) is 42.7 Å². The first-order chi connectivity index (χ1) is 13.0. The quantitative estimate of drug-likeness (QED) is 0.556. The van der Waals surface area contributed by atoms with Crippen LogP contribution in [-0.2, 0) is 20.7 Å². The molecule has 1 amide bonds. The molecule has 1 atom stereocenters. The van der Waals surface area contributed by atoms with Crippen LogP contribution in [0.2, 0.25) is 0 Å². The third-order valence-electron chi connectivity index (χ3n) is 3.62. The highest BCUT2D eigenvalue weighted by Gasteiger charge is 2.19. The highest BCUT2D eigenvalue weighted by atomic mass is 32.2. The molecular weight excluding hydrogens is 388 g/mol. The summed E-state index contributed by atoms with van der Waals surface area (Å²) in [5.74, 6) is 0.865. The molecule has 1 aliphatic heterocycles. The lowest BCUT2D eigenvalue weighted by atomic mass is 10.2. The van der Waals surface area contributed by atoms with E-state index in [1.165, 1.54) is 23.1 Å². The van der Waals surface area contributed by atoms with Crippen LogP contribution in [0, 0.1) is 0 Å². The Bertz CT molecular complexity index is 824. The maximum absolute atomic E-state index is 12.5. The molecule has 0 unspecified atom stereocenters. The standard InChI is InChI=1S/C18H20N2O5S2/c1-3-23-16(21)9-13-10-26-18(20-13)27-11(2)17(22)19-12-4-5-14-15(8-12)25-7-6-24-14/h4-5,8,10-11H,3,6-7,9H2,1-2H3,(H,19,22)/t11-/m1/s1. The number of anilines is 1. The van der Waals surface area contributed by atoms with E-state index in [-0.39, 0.29) is 23.5 Å². The van der Waals surface area contributed by atoms with Gasteiger partial charge in [0.1, 0.15) is 13.2 Å². The lowest BCUT2D eigenvalue weighted by molar-refractivity contribution is -0.142. The average molecular weight is 409 g/mol. The van der Waals surface area contributed by atoms with Gasteiger partial charge < -0.3 is 19.5 Å². The van der Waals surface area contributed by atoms with Crippen molar-refractivity contribution >= 4 is 40.7 Å². The lowest BCUT2D eigenvalue weighted by Gasteiger charge is -2.19. The maximum atomic E-state index is 12.5. The molecule has 0 spiro atoms. The highest BCUT2D eigenvalue weighted by molar-refractivity contribution is 8.02. The van der Waals surface area contributed by atoms with Crippen molar-refractivity contribution in [3.8, 4) is 11.5 Å². The van der Waals surface area contributed by atoms with Crippen molar-refractivity contribution in [2.45, 2.75) is 29.9 Å². The third kappa shape index (κ3) is 5.36. The topological polar surface area (TPSA) is 86.8 Å². The van der Waals surface area contributed by atoms with Crippen molar-refractivity contribution in [1.29, 1.82) is 0 Å². The minimum Gasteiger partial charge on any atom is -0.486 e. The number of thiazole rings is 1. The molecule has 1 N–H and O–H groups in total. The lowest BCUT2D eigenvalue weighted by Crippen LogP contribution is -2.22. The summed E-state index contributed by atoms with van der Waals surface area (Å²) in [4.78, 5) is 28.3. The molecule has 0 bridgehead atoms. The molecular formula is C18H20N2O5S2. The molecule has 0 radical (unpaired) electrons. The Kier molecular flexibility index (Phi) is 6.57. The molecule has 2 heterocycles. The number of amides is 1. The Labute approximate surface area is 165 Å². The van der Waals surface area contributed by atoms with Gasteiger partial charge in [0, 0.05) is 17.1 Å². The number of hydrogen-bond donors (Lipinski definition) is 1. The zero-order chi connectivity index (χ0) is 19.2. The molecule has 27 heavy (non-hydrogen) atoms. The fourth-order valence-corrected chi connectivity index (χ4v) is 4.33. The molecule has 3 rings (SSSR count). The van der Waals surface area contributed by atoms with E-state index in [4.69, 9.17) is 14.2 Å². The first kappa shape index (κ1) is 19.5. The molecule has 0 aliphatic carbocycles. The average Bonchev–Trinajstić information content (AvgIpc) is 3.08. The number of hydrogen-bond acceptors (Lipinski definition) is 8. The Morgan fingerprint density at radius 1 is 1.33 bits per heavy atom. The number of nitrogens with one attached hydrogen (secondary N) is 1. The monoisotopic (exact) mass is 408 g/mol. The van der Waals surface area contributed by atoms with Crippen molar-refractivity contribution in [1.82, 2.24) is 4.98 Å². The van der Waals surface area contributed by atoms with Crippen LogP contribution in [0.1, 0.15) is 19.5 Å². The second-order valence-corrected chi connectivity index (χ2v) is 8.14. The van der Waals surface area contributed by atoms with Crippen molar-refractivity contribution < 1.29 is 23.8 Å². The second kappa shape index (κ2) is 9.09. The van der Waals surface area contributed by atoms with Crippen molar-refractivity contribution in [3.63, 3.8) is 0 Å². The van der Waals surface area contributed by atoms with Crippen LogP contribution in [0.4, 0.5) is 5.69 Å². The first-order valence-corrected chi connectivity index (χ1v) is 10.3. The van der Waals surface area contributed by atoms with Gasteiger partial charge >= 0.3 is 5.97 Å². The van der Waals surface area contributed by atoms with E-state index in [1.54, 1.807) is 25.1 Å². The number of rotatable bonds is 7. The minimum absolute atomic E-state index is 0.140. The summed E-state index contributed by atoms with van der Waals surface area (Å²) < 4.78 is 16.7. The molecule has 1 aliphatic rings. The summed E-state index contributed by atoms with van der Waals surface area (Å²) in [5.41, 5.74) is 1.30. The molecule has 1 aromatic heterocycles. The van der Waals surface area contributed by atoms with Crippen molar-refractivity contribution in [3.05, 3.63) is 29.3 Å². The molecule has 2 aromatic rings. The number of fused-ring (bicyclic) bond motifs is 1. The Morgan fingerprint density at radius 2 is 2.11 bits per heavy atom. The molecule has 0 saturated carbocycles. The number of benzene rings is 1. The van der Waals surface area contributed by atoms with Gasteiger partial charge in [-0.25, -0.2) is 4.98 Å². The number of aromatic nitrogens is 1. The van der Waals surface area contributed by atoms with Gasteiger partial charge in [0.2, 0.25) is 5.91 Å². The number of carbonyl (C=O) groups is 2. The smallest absolute Gasteiger partial charge is 0.311 e. The predicted molar refractivity (Wildman–Crippen MR) is 104 cm³/mol. The molecule has 0 saturated heterocycles. The summed E-state index contributed by atoms with van der Waals surface area (Å²) >= 11 is 2.76. The van der Waals surface area contributed by atoms with Gasteiger partial charge in [-0.3, -0.25) is 9.59 Å². The number of esters is 1. The molecule has 144 valence electrons. The van der Waals surface area contributed by atoms with E-state index < -0.39 is 0 Å². The molecule has 1 aromatic carbocycles. The van der Waals surface area contributed by atoms with Crippen LogP contribution in [0.25, 0.3) is 0 Å². The Hall–Kier alpha value is -2.26. The first-order valence-electron chi connectivity index (χ1n) is 8.52. The minimum atomic E-state index is -0.347.